The first kappa shape index (κ1) is 24.0. The number of hydrogen-bond acceptors (Lipinski definition) is 7. The number of benzene rings is 1. The van der Waals surface area contributed by atoms with Crippen molar-refractivity contribution >= 4 is 11.6 Å². The molecule has 192 valence electrons. The SMILES string of the molecule is Cc1cnc(NC2CCC(N)CC2)nc1-c1cnc2ccc(-c3ccc(CN4CCOCC4)cc3)cn12. The number of morpholine rings is 1. The second kappa shape index (κ2) is 10.6. The van der Waals surface area contributed by atoms with E-state index >= 15 is 0 Å². The van der Waals surface area contributed by atoms with E-state index in [0.29, 0.717) is 18.0 Å². The molecular weight excluding hydrogens is 462 g/mol. The average molecular weight is 498 g/mol. The molecule has 3 N–H and O–H groups in total. The summed E-state index contributed by atoms with van der Waals surface area (Å²) in [4.78, 5) is 16.6. The predicted molar refractivity (Wildman–Crippen MR) is 146 cm³/mol. The van der Waals surface area contributed by atoms with Crippen LogP contribution in [0.2, 0.25) is 0 Å². The zero-order chi connectivity index (χ0) is 25.2. The van der Waals surface area contributed by atoms with Gasteiger partial charge in [0.25, 0.3) is 0 Å². The summed E-state index contributed by atoms with van der Waals surface area (Å²) >= 11 is 0. The first-order chi connectivity index (χ1) is 18.1. The molecule has 1 saturated carbocycles. The number of imidazole rings is 1. The number of nitrogens with two attached hydrogens (primary N) is 1. The fourth-order valence-corrected chi connectivity index (χ4v) is 5.36. The number of hydrogen-bond donors (Lipinski definition) is 2. The van der Waals surface area contributed by atoms with E-state index in [1.807, 2.05) is 12.4 Å². The first-order valence-electron chi connectivity index (χ1n) is 13.3. The van der Waals surface area contributed by atoms with E-state index in [9.17, 15) is 0 Å². The average Bonchev–Trinajstić information content (AvgIpc) is 3.35. The normalized spacial score (nSPS) is 20.8. The van der Waals surface area contributed by atoms with Crippen molar-refractivity contribution in [2.75, 3.05) is 31.6 Å². The van der Waals surface area contributed by atoms with Crippen molar-refractivity contribution in [1.82, 2.24) is 24.3 Å². The van der Waals surface area contributed by atoms with Gasteiger partial charge in [-0.3, -0.25) is 9.30 Å². The Morgan fingerprint density at radius 1 is 0.946 bits per heavy atom. The van der Waals surface area contributed by atoms with Crippen LogP contribution in [0.1, 0.15) is 36.8 Å². The van der Waals surface area contributed by atoms with Crippen molar-refractivity contribution in [1.29, 1.82) is 0 Å². The first-order valence-corrected chi connectivity index (χ1v) is 13.3. The summed E-state index contributed by atoms with van der Waals surface area (Å²) in [6, 6.07) is 13.8. The van der Waals surface area contributed by atoms with Gasteiger partial charge in [0.15, 0.2) is 0 Å². The van der Waals surface area contributed by atoms with Gasteiger partial charge in [0, 0.05) is 44.1 Å². The van der Waals surface area contributed by atoms with Crippen LogP contribution in [0.5, 0.6) is 0 Å². The molecule has 4 heterocycles. The Labute approximate surface area is 217 Å². The van der Waals surface area contributed by atoms with E-state index in [2.05, 4.69) is 74.1 Å². The van der Waals surface area contributed by atoms with Crippen LogP contribution in [0, 0.1) is 6.92 Å². The highest BCUT2D eigenvalue weighted by Crippen LogP contribution is 2.28. The molecule has 0 bridgehead atoms. The molecule has 1 saturated heterocycles. The number of aromatic nitrogens is 4. The lowest BCUT2D eigenvalue weighted by molar-refractivity contribution is 0.0342. The number of fused-ring (bicyclic) bond motifs is 1. The molecule has 4 aromatic rings. The second-order valence-corrected chi connectivity index (χ2v) is 10.4. The van der Waals surface area contributed by atoms with Gasteiger partial charge in [-0.05, 0) is 67.0 Å². The quantitative estimate of drug-likeness (QED) is 0.411. The molecule has 2 fully saturated rings. The van der Waals surface area contributed by atoms with Crippen LogP contribution in [-0.4, -0.2) is 62.6 Å². The molecule has 6 rings (SSSR count). The van der Waals surface area contributed by atoms with Gasteiger partial charge < -0.3 is 15.8 Å². The van der Waals surface area contributed by atoms with Crippen LogP contribution in [-0.2, 0) is 11.3 Å². The summed E-state index contributed by atoms with van der Waals surface area (Å²) in [5, 5.41) is 3.53. The second-order valence-electron chi connectivity index (χ2n) is 10.4. The van der Waals surface area contributed by atoms with Crippen molar-refractivity contribution in [3.8, 4) is 22.5 Å². The van der Waals surface area contributed by atoms with E-state index in [-0.39, 0.29) is 0 Å². The van der Waals surface area contributed by atoms with Gasteiger partial charge in [0.2, 0.25) is 5.95 Å². The van der Waals surface area contributed by atoms with Crippen LogP contribution < -0.4 is 11.1 Å². The van der Waals surface area contributed by atoms with E-state index < -0.39 is 0 Å². The van der Waals surface area contributed by atoms with Gasteiger partial charge in [-0.15, -0.1) is 0 Å². The highest BCUT2D eigenvalue weighted by molar-refractivity contribution is 5.69. The van der Waals surface area contributed by atoms with E-state index in [4.69, 9.17) is 15.5 Å². The van der Waals surface area contributed by atoms with Gasteiger partial charge in [0.1, 0.15) is 5.65 Å². The molecule has 0 spiro atoms. The summed E-state index contributed by atoms with van der Waals surface area (Å²) in [5.41, 5.74) is 13.5. The van der Waals surface area contributed by atoms with Crippen LogP contribution in [0.15, 0.2) is 55.0 Å². The Bertz CT molecular complexity index is 1350. The summed E-state index contributed by atoms with van der Waals surface area (Å²) in [7, 11) is 0. The van der Waals surface area contributed by atoms with E-state index in [0.717, 1.165) is 86.7 Å². The summed E-state index contributed by atoms with van der Waals surface area (Å²) in [5.74, 6) is 0.669. The fraction of sp³-hybridized carbons (Fsp3) is 0.414. The van der Waals surface area contributed by atoms with Gasteiger partial charge in [-0.1, -0.05) is 24.3 Å². The van der Waals surface area contributed by atoms with Crippen LogP contribution in [0.4, 0.5) is 5.95 Å². The minimum absolute atomic E-state index is 0.320. The molecule has 0 unspecified atom stereocenters. The Kier molecular flexibility index (Phi) is 6.87. The molecule has 1 aliphatic carbocycles. The molecule has 8 heteroatoms. The highest BCUT2D eigenvalue weighted by atomic mass is 16.5. The largest absolute Gasteiger partial charge is 0.379 e. The zero-order valence-electron chi connectivity index (χ0n) is 21.4. The third-order valence-corrected chi connectivity index (χ3v) is 7.62. The van der Waals surface area contributed by atoms with E-state index in [1.165, 1.54) is 11.1 Å². The molecule has 2 aliphatic rings. The molecule has 37 heavy (non-hydrogen) atoms. The van der Waals surface area contributed by atoms with Crippen LogP contribution in [0.3, 0.4) is 0 Å². The lowest BCUT2D eigenvalue weighted by Crippen LogP contribution is -2.35. The molecule has 8 nitrogen and oxygen atoms in total. The Hall–Kier alpha value is -3.33. The maximum absolute atomic E-state index is 6.08. The summed E-state index contributed by atoms with van der Waals surface area (Å²) in [6.07, 6.45) is 10.2. The number of aryl methyl sites for hydroxylation is 1. The lowest BCUT2D eigenvalue weighted by atomic mass is 9.92. The number of pyridine rings is 1. The van der Waals surface area contributed by atoms with Gasteiger partial charge in [0.05, 0.1) is 30.8 Å². The molecule has 1 aromatic carbocycles. The van der Waals surface area contributed by atoms with Crippen molar-refractivity contribution in [3.63, 3.8) is 0 Å². The van der Waals surface area contributed by atoms with E-state index in [1.54, 1.807) is 0 Å². The molecule has 0 radical (unpaired) electrons. The maximum Gasteiger partial charge on any atom is 0.223 e. The topological polar surface area (TPSA) is 93.6 Å². The third kappa shape index (κ3) is 5.37. The predicted octanol–water partition coefficient (Wildman–Crippen LogP) is 4.28. The number of nitrogens with one attached hydrogen (secondary N) is 1. The van der Waals surface area contributed by atoms with Crippen molar-refractivity contribution in [2.24, 2.45) is 5.73 Å². The highest BCUT2D eigenvalue weighted by Gasteiger charge is 2.20. The van der Waals surface area contributed by atoms with Gasteiger partial charge in [-0.25, -0.2) is 15.0 Å². The zero-order valence-corrected chi connectivity index (χ0v) is 21.4. The van der Waals surface area contributed by atoms with Crippen LogP contribution >= 0.6 is 0 Å². The van der Waals surface area contributed by atoms with Crippen molar-refractivity contribution in [3.05, 3.63) is 66.1 Å². The minimum atomic E-state index is 0.320. The number of nitrogens with zero attached hydrogens (tertiary/aromatic N) is 5. The Morgan fingerprint density at radius 2 is 1.70 bits per heavy atom. The van der Waals surface area contributed by atoms with Crippen molar-refractivity contribution < 1.29 is 4.74 Å². The smallest absolute Gasteiger partial charge is 0.223 e. The third-order valence-electron chi connectivity index (χ3n) is 7.62. The number of anilines is 1. The molecular formula is C29H35N7O. The molecule has 0 atom stereocenters. The molecule has 0 amide bonds. The molecule has 3 aromatic heterocycles. The number of rotatable bonds is 6. The van der Waals surface area contributed by atoms with Gasteiger partial charge in [-0.2, -0.15) is 0 Å². The fourth-order valence-electron chi connectivity index (χ4n) is 5.36. The molecule has 1 aliphatic heterocycles. The minimum Gasteiger partial charge on any atom is -0.379 e. The monoisotopic (exact) mass is 497 g/mol. The Morgan fingerprint density at radius 3 is 2.49 bits per heavy atom. The van der Waals surface area contributed by atoms with Gasteiger partial charge >= 0.3 is 0 Å². The van der Waals surface area contributed by atoms with Crippen LogP contribution in [0.25, 0.3) is 28.2 Å². The van der Waals surface area contributed by atoms with Crippen molar-refractivity contribution in [2.45, 2.75) is 51.2 Å². The lowest BCUT2D eigenvalue weighted by Gasteiger charge is -2.26. The summed E-state index contributed by atoms with van der Waals surface area (Å²) < 4.78 is 7.61. The maximum atomic E-state index is 6.08. The Balaban J connectivity index is 1.24. The number of ether oxygens (including phenoxy) is 1. The standard InChI is InChI=1S/C29H35N7O/c1-20-16-32-29(33-25-9-7-24(30)8-10-25)34-28(20)26-17-31-27-11-6-23(19-36(26)27)22-4-2-21(3-5-22)18-35-12-14-37-15-13-35/h2-6,11,16-17,19,24-25H,7-10,12-15,18,30H2,1H3,(H,32,33,34). The summed E-state index contributed by atoms with van der Waals surface area (Å²) in [6.45, 7) is 6.65.